The largest absolute Gasteiger partial charge is 0.424 e. The van der Waals surface area contributed by atoms with Gasteiger partial charge in [-0.25, -0.2) is 4.79 Å². The quantitative estimate of drug-likeness (QED) is 0.331. The van der Waals surface area contributed by atoms with Gasteiger partial charge in [-0.3, -0.25) is 4.79 Å². The molecule has 0 bridgehead atoms. The Labute approximate surface area is 206 Å². The van der Waals surface area contributed by atoms with Crippen molar-refractivity contribution in [1.29, 1.82) is 0 Å². The topological polar surface area (TPSA) is 63.6 Å². The summed E-state index contributed by atoms with van der Waals surface area (Å²) in [7, 11) is 0. The Hall–Kier alpha value is -2.11. The number of carbonyl (C=O) groups excluding carboxylic acids is 2. The third kappa shape index (κ3) is 4.22. The van der Waals surface area contributed by atoms with Gasteiger partial charge in [0, 0.05) is 22.5 Å². The number of aliphatic hydroxyl groups is 1. The number of carbonyl (C=O) groups is 2. The Morgan fingerprint density at radius 1 is 1.15 bits per heavy atom. The summed E-state index contributed by atoms with van der Waals surface area (Å²) in [5.41, 5.74) is 2.08. The van der Waals surface area contributed by atoms with Gasteiger partial charge in [-0.1, -0.05) is 30.7 Å². The van der Waals surface area contributed by atoms with Crippen molar-refractivity contribution >= 4 is 23.5 Å². The van der Waals surface area contributed by atoms with Crippen LogP contribution in [0.15, 0.2) is 47.4 Å². The number of hydrogen-bond acceptors (Lipinski definition) is 5. The lowest BCUT2D eigenvalue weighted by atomic mass is 9.55. The molecule has 0 amide bonds. The van der Waals surface area contributed by atoms with Gasteiger partial charge in [0.25, 0.3) is 0 Å². The highest BCUT2D eigenvalue weighted by atomic mass is 32.2. The number of thioether (sulfide) groups is 1. The molecule has 1 N–H and O–H groups in total. The van der Waals surface area contributed by atoms with Crippen molar-refractivity contribution in [3.8, 4) is 5.75 Å². The molecule has 0 radical (unpaired) electrons. The average Bonchev–Trinajstić information content (AvgIpc) is 3.13. The van der Waals surface area contributed by atoms with Gasteiger partial charge in [-0.05, 0) is 99.1 Å². The number of fused-ring (bicyclic) bond motifs is 5. The van der Waals surface area contributed by atoms with Gasteiger partial charge in [0.2, 0.25) is 0 Å². The highest BCUT2D eigenvalue weighted by Crippen LogP contribution is 2.59. The van der Waals surface area contributed by atoms with Crippen molar-refractivity contribution in [3.63, 3.8) is 0 Å². The Kier molecular flexibility index (Phi) is 6.14. The highest BCUT2D eigenvalue weighted by molar-refractivity contribution is 7.99. The molecule has 0 spiro atoms. The first-order valence-corrected chi connectivity index (χ1v) is 13.5. The minimum absolute atomic E-state index is 0.115. The van der Waals surface area contributed by atoms with Crippen LogP contribution in [0.5, 0.6) is 5.75 Å². The molecule has 4 nitrogen and oxygen atoms in total. The molecule has 2 fully saturated rings. The Morgan fingerprint density at radius 2 is 1.91 bits per heavy atom. The lowest BCUT2D eigenvalue weighted by molar-refractivity contribution is -0.151. The van der Waals surface area contributed by atoms with E-state index in [0.29, 0.717) is 29.3 Å². The van der Waals surface area contributed by atoms with E-state index < -0.39 is 11.6 Å². The summed E-state index contributed by atoms with van der Waals surface area (Å²) in [6.07, 6.45) is 5.86. The molecule has 3 aliphatic carbocycles. The number of esters is 1. The van der Waals surface area contributed by atoms with Gasteiger partial charge in [-0.15, -0.1) is 11.8 Å². The zero-order valence-electron chi connectivity index (χ0n) is 20.3. The number of ketones is 1. The second-order valence-corrected chi connectivity index (χ2v) is 12.0. The number of Topliss-reactive ketones (excluding diaryl/α,β-unsaturated/α-hetero) is 1. The molecule has 0 aliphatic heterocycles. The number of benzene rings is 2. The Balaban J connectivity index is 1.26. The lowest BCUT2D eigenvalue weighted by Gasteiger charge is -2.48. The molecule has 180 valence electrons. The number of aryl methyl sites for hydroxylation is 2. The standard InChI is InChI=1S/C29H34O4S/c1-18-4-8-21(9-5-18)34-17-29(3,32)27(31)33-20-7-11-22-19(16-20)6-10-24-23(22)14-15-28(2)25(24)12-13-26(28)30/h4-5,7-9,11,16,23-25,32H,6,10,12-15,17H2,1-3H3/t23-,24-,25+,28+,29-/m1/s1. The maximum atomic E-state index is 12.8. The molecule has 5 atom stereocenters. The predicted octanol–water partition coefficient (Wildman–Crippen LogP) is 5.87. The smallest absolute Gasteiger partial charge is 0.344 e. The SMILES string of the molecule is Cc1ccc(SC[C@@](C)(O)C(=O)Oc2ccc3c(c2)CC[C@@H]2[C@@H]3CC[C@]3(C)C(=O)CC[C@@H]23)cc1. The van der Waals surface area contributed by atoms with Gasteiger partial charge >= 0.3 is 5.97 Å². The molecule has 34 heavy (non-hydrogen) atoms. The summed E-state index contributed by atoms with van der Waals surface area (Å²) >= 11 is 1.44. The Morgan fingerprint density at radius 3 is 2.68 bits per heavy atom. The van der Waals surface area contributed by atoms with Crippen molar-refractivity contribution in [2.75, 3.05) is 5.75 Å². The van der Waals surface area contributed by atoms with E-state index >= 15 is 0 Å². The van der Waals surface area contributed by atoms with E-state index in [2.05, 4.69) is 13.0 Å². The van der Waals surface area contributed by atoms with E-state index in [1.165, 1.54) is 35.4 Å². The monoisotopic (exact) mass is 478 g/mol. The normalized spacial score (nSPS) is 29.5. The summed E-state index contributed by atoms with van der Waals surface area (Å²) in [5.74, 6) is 2.14. The van der Waals surface area contributed by atoms with Crippen LogP contribution < -0.4 is 4.74 Å². The maximum absolute atomic E-state index is 12.8. The van der Waals surface area contributed by atoms with Gasteiger partial charge in [-0.2, -0.15) is 0 Å². The summed E-state index contributed by atoms with van der Waals surface area (Å²) in [6, 6.07) is 14.0. The van der Waals surface area contributed by atoms with Crippen LogP contribution in [0.25, 0.3) is 0 Å². The van der Waals surface area contributed by atoms with E-state index in [1.807, 2.05) is 43.3 Å². The molecule has 0 aromatic heterocycles. The predicted molar refractivity (Wildman–Crippen MR) is 134 cm³/mol. The van der Waals surface area contributed by atoms with Crippen LogP contribution in [0.2, 0.25) is 0 Å². The summed E-state index contributed by atoms with van der Waals surface area (Å²) < 4.78 is 5.64. The molecule has 3 aliphatic rings. The fourth-order valence-corrected chi connectivity index (χ4v) is 7.42. The molecule has 2 saturated carbocycles. The van der Waals surface area contributed by atoms with Crippen molar-refractivity contribution in [2.24, 2.45) is 17.3 Å². The van der Waals surface area contributed by atoms with Gasteiger partial charge in [0.05, 0.1) is 0 Å². The summed E-state index contributed by atoms with van der Waals surface area (Å²) in [4.78, 5) is 26.3. The molecule has 0 heterocycles. The fraction of sp³-hybridized carbons (Fsp3) is 0.517. The maximum Gasteiger partial charge on any atom is 0.344 e. The van der Waals surface area contributed by atoms with Gasteiger partial charge in [0.15, 0.2) is 5.60 Å². The zero-order chi connectivity index (χ0) is 24.1. The number of hydrogen-bond donors (Lipinski definition) is 1. The van der Waals surface area contributed by atoms with Crippen molar-refractivity contribution in [3.05, 3.63) is 59.2 Å². The van der Waals surface area contributed by atoms with Crippen LogP contribution in [-0.2, 0) is 16.0 Å². The molecular weight excluding hydrogens is 444 g/mol. The van der Waals surface area contributed by atoms with Crippen LogP contribution in [0.1, 0.15) is 68.6 Å². The van der Waals surface area contributed by atoms with Gasteiger partial charge < -0.3 is 9.84 Å². The first-order chi connectivity index (χ1) is 16.2. The van der Waals surface area contributed by atoms with E-state index in [9.17, 15) is 14.7 Å². The zero-order valence-corrected chi connectivity index (χ0v) is 21.1. The minimum Gasteiger partial charge on any atom is -0.424 e. The van der Waals surface area contributed by atoms with Crippen LogP contribution in [0.3, 0.4) is 0 Å². The summed E-state index contributed by atoms with van der Waals surface area (Å²) in [5, 5.41) is 10.8. The lowest BCUT2D eigenvalue weighted by Crippen LogP contribution is -2.42. The van der Waals surface area contributed by atoms with Crippen LogP contribution in [0.4, 0.5) is 0 Å². The van der Waals surface area contributed by atoms with Gasteiger partial charge in [0.1, 0.15) is 11.5 Å². The molecule has 2 aromatic carbocycles. The van der Waals surface area contributed by atoms with E-state index in [-0.39, 0.29) is 11.2 Å². The van der Waals surface area contributed by atoms with Crippen LogP contribution >= 0.6 is 11.8 Å². The number of ether oxygens (including phenoxy) is 1. The van der Waals surface area contributed by atoms with E-state index in [0.717, 1.165) is 43.4 Å². The first-order valence-electron chi connectivity index (χ1n) is 12.5. The average molecular weight is 479 g/mol. The molecule has 2 aromatic rings. The van der Waals surface area contributed by atoms with Crippen LogP contribution in [0, 0.1) is 24.2 Å². The molecule has 0 saturated heterocycles. The fourth-order valence-electron chi connectivity index (χ4n) is 6.53. The Bertz CT molecular complexity index is 1110. The first kappa shape index (κ1) is 23.6. The molecular formula is C29H34O4S. The van der Waals surface area contributed by atoms with E-state index in [1.54, 1.807) is 0 Å². The van der Waals surface area contributed by atoms with Crippen molar-refractivity contribution < 1.29 is 19.4 Å². The third-order valence-corrected chi connectivity index (χ3v) is 9.91. The third-order valence-electron chi connectivity index (χ3n) is 8.60. The van der Waals surface area contributed by atoms with E-state index in [4.69, 9.17) is 4.74 Å². The minimum atomic E-state index is -1.58. The molecule has 5 rings (SSSR count). The molecule has 5 heteroatoms. The summed E-state index contributed by atoms with van der Waals surface area (Å²) in [6.45, 7) is 5.74. The van der Waals surface area contributed by atoms with Crippen molar-refractivity contribution in [1.82, 2.24) is 0 Å². The second-order valence-electron chi connectivity index (χ2n) is 11.0. The second kappa shape index (κ2) is 8.83. The van der Waals surface area contributed by atoms with Crippen molar-refractivity contribution in [2.45, 2.75) is 75.7 Å². The number of rotatable bonds is 5. The molecule has 0 unspecified atom stereocenters. The van der Waals surface area contributed by atoms with Crippen LogP contribution in [-0.4, -0.2) is 28.2 Å². The highest BCUT2D eigenvalue weighted by Gasteiger charge is 2.54.